The predicted octanol–water partition coefficient (Wildman–Crippen LogP) is 3.94. The molecule has 0 radical (unpaired) electrons. The third-order valence-electron chi connectivity index (χ3n) is 2.86. The van der Waals surface area contributed by atoms with E-state index in [0.717, 1.165) is 28.7 Å². The van der Waals surface area contributed by atoms with Gasteiger partial charge in [0.15, 0.2) is 0 Å². The molecular formula is C15H14N2OS. The molecule has 1 N–H and O–H groups in total. The zero-order valence-electron chi connectivity index (χ0n) is 10.6. The number of benzene rings is 2. The second kappa shape index (κ2) is 5.36. The highest BCUT2D eigenvalue weighted by atomic mass is 32.2. The van der Waals surface area contributed by atoms with Crippen LogP contribution in [0.15, 0.2) is 58.4 Å². The highest BCUT2D eigenvalue weighted by Crippen LogP contribution is 2.33. The highest BCUT2D eigenvalue weighted by molar-refractivity contribution is 8.00. The molecule has 0 unspecified atom stereocenters. The van der Waals surface area contributed by atoms with Gasteiger partial charge in [-0.2, -0.15) is 0 Å². The summed E-state index contributed by atoms with van der Waals surface area (Å²) in [6.07, 6.45) is 0. The van der Waals surface area contributed by atoms with Crippen LogP contribution in [0.5, 0.6) is 5.75 Å². The van der Waals surface area contributed by atoms with Crippen LogP contribution in [0.25, 0.3) is 0 Å². The molecule has 0 saturated heterocycles. The van der Waals surface area contributed by atoms with Gasteiger partial charge in [-0.25, -0.2) is 4.99 Å². The molecule has 0 spiro atoms. The predicted molar refractivity (Wildman–Crippen MR) is 80.9 cm³/mol. The minimum Gasteiger partial charge on any atom is -0.497 e. The molecule has 1 heterocycles. The van der Waals surface area contributed by atoms with E-state index in [0.29, 0.717) is 0 Å². The fourth-order valence-electron chi connectivity index (χ4n) is 1.90. The van der Waals surface area contributed by atoms with Crippen LogP contribution in [0, 0.1) is 0 Å². The molecule has 0 fully saturated rings. The lowest BCUT2D eigenvalue weighted by molar-refractivity contribution is 0.415. The molecule has 1 aliphatic heterocycles. The van der Waals surface area contributed by atoms with Crippen LogP contribution in [-0.4, -0.2) is 18.7 Å². The summed E-state index contributed by atoms with van der Waals surface area (Å²) in [6, 6.07) is 16.1. The van der Waals surface area contributed by atoms with Gasteiger partial charge in [-0.3, -0.25) is 0 Å². The molecule has 0 bridgehead atoms. The number of ether oxygens (including phenoxy) is 1. The van der Waals surface area contributed by atoms with Crippen molar-refractivity contribution in [2.75, 3.05) is 18.2 Å². The molecule has 19 heavy (non-hydrogen) atoms. The Morgan fingerprint density at radius 3 is 2.68 bits per heavy atom. The molecule has 1 aliphatic rings. The van der Waals surface area contributed by atoms with Gasteiger partial charge in [0.2, 0.25) is 0 Å². The molecule has 0 saturated carbocycles. The first-order valence-electron chi connectivity index (χ1n) is 6.05. The second-order valence-corrected chi connectivity index (χ2v) is 5.19. The van der Waals surface area contributed by atoms with Crippen molar-refractivity contribution >= 4 is 29.0 Å². The zero-order chi connectivity index (χ0) is 13.1. The molecule has 2 aromatic rings. The normalized spacial score (nSPS) is 13.4. The van der Waals surface area contributed by atoms with Gasteiger partial charge in [0.1, 0.15) is 11.6 Å². The van der Waals surface area contributed by atoms with E-state index in [-0.39, 0.29) is 0 Å². The number of nitrogens with zero attached hydrogens (tertiary/aromatic N) is 1. The van der Waals surface area contributed by atoms with Gasteiger partial charge in [0.05, 0.1) is 18.6 Å². The van der Waals surface area contributed by atoms with Crippen LogP contribution in [0.1, 0.15) is 0 Å². The molecule has 3 nitrogen and oxygen atoms in total. The van der Waals surface area contributed by atoms with Gasteiger partial charge >= 0.3 is 0 Å². The van der Waals surface area contributed by atoms with E-state index in [1.54, 1.807) is 18.9 Å². The summed E-state index contributed by atoms with van der Waals surface area (Å²) < 4.78 is 5.14. The topological polar surface area (TPSA) is 33.6 Å². The van der Waals surface area contributed by atoms with Gasteiger partial charge < -0.3 is 10.1 Å². The van der Waals surface area contributed by atoms with Gasteiger partial charge in [-0.1, -0.05) is 12.1 Å². The number of nitrogens with one attached hydrogen (secondary N) is 1. The largest absolute Gasteiger partial charge is 0.497 e. The summed E-state index contributed by atoms with van der Waals surface area (Å²) >= 11 is 1.81. The number of methoxy groups -OCH3 is 1. The van der Waals surface area contributed by atoms with E-state index in [2.05, 4.69) is 16.4 Å². The zero-order valence-corrected chi connectivity index (χ0v) is 11.4. The Bertz CT molecular complexity index is 608. The molecular weight excluding hydrogens is 256 g/mol. The van der Waals surface area contributed by atoms with Gasteiger partial charge in [0, 0.05) is 10.6 Å². The quantitative estimate of drug-likeness (QED) is 0.897. The first-order valence-corrected chi connectivity index (χ1v) is 7.04. The smallest absolute Gasteiger partial charge is 0.119 e. The molecule has 3 rings (SSSR count). The molecule has 0 amide bonds. The summed E-state index contributed by atoms with van der Waals surface area (Å²) in [5, 5.41) is 3.35. The van der Waals surface area contributed by atoms with Gasteiger partial charge in [-0.05, 0) is 36.4 Å². The van der Waals surface area contributed by atoms with E-state index in [1.807, 2.05) is 42.5 Å². The van der Waals surface area contributed by atoms with E-state index < -0.39 is 0 Å². The number of hydrogen-bond donors (Lipinski definition) is 1. The van der Waals surface area contributed by atoms with E-state index in [1.165, 1.54) is 4.90 Å². The Morgan fingerprint density at radius 2 is 1.89 bits per heavy atom. The van der Waals surface area contributed by atoms with Crippen LogP contribution in [0.3, 0.4) is 0 Å². The van der Waals surface area contributed by atoms with Crippen LogP contribution in [-0.2, 0) is 0 Å². The Hall–Kier alpha value is -1.94. The summed E-state index contributed by atoms with van der Waals surface area (Å²) in [5.41, 5.74) is 2.06. The number of fused-ring (bicyclic) bond motifs is 1. The lowest BCUT2D eigenvalue weighted by atomic mass is 10.3. The third-order valence-corrected chi connectivity index (χ3v) is 3.94. The number of para-hydroxylation sites is 1. The van der Waals surface area contributed by atoms with Crippen molar-refractivity contribution in [1.82, 2.24) is 0 Å². The van der Waals surface area contributed by atoms with Crippen LogP contribution in [0.2, 0.25) is 0 Å². The Kier molecular flexibility index (Phi) is 3.42. The first-order chi connectivity index (χ1) is 9.35. The Morgan fingerprint density at radius 1 is 1.11 bits per heavy atom. The first kappa shape index (κ1) is 12.1. The van der Waals surface area contributed by atoms with Crippen molar-refractivity contribution in [1.29, 1.82) is 0 Å². The van der Waals surface area contributed by atoms with Crippen LogP contribution < -0.4 is 10.1 Å². The minimum atomic E-state index is 0.857. The fraction of sp³-hybridized carbons (Fsp3) is 0.133. The number of thioether (sulfide) groups is 1. The molecule has 0 aliphatic carbocycles. The number of aliphatic imine (C=N–C) groups is 1. The number of hydrogen-bond acceptors (Lipinski definition) is 4. The van der Waals surface area contributed by atoms with E-state index >= 15 is 0 Å². The average Bonchev–Trinajstić information content (AvgIpc) is 2.48. The standard InChI is InChI=1S/C15H14N2OS/c1-18-12-8-6-11(7-9-12)16-15-10-19-14-5-3-2-4-13(14)17-15/h2-9H,10H2,1H3,(H,16,17). The Balaban J connectivity index is 1.79. The molecule has 96 valence electrons. The average molecular weight is 270 g/mol. The molecule has 0 atom stereocenters. The lowest BCUT2D eigenvalue weighted by Gasteiger charge is -2.16. The summed E-state index contributed by atoms with van der Waals surface area (Å²) in [7, 11) is 1.67. The van der Waals surface area contributed by atoms with Gasteiger partial charge in [0.25, 0.3) is 0 Å². The van der Waals surface area contributed by atoms with Crippen LogP contribution in [0.4, 0.5) is 11.4 Å². The monoisotopic (exact) mass is 270 g/mol. The second-order valence-electron chi connectivity index (χ2n) is 4.17. The fourth-order valence-corrected chi connectivity index (χ4v) is 2.77. The van der Waals surface area contributed by atoms with Crippen molar-refractivity contribution in [3.63, 3.8) is 0 Å². The maximum absolute atomic E-state index is 5.14. The SMILES string of the molecule is COc1ccc(NC2=Nc3ccccc3SC2)cc1. The number of rotatable bonds is 2. The minimum absolute atomic E-state index is 0.857. The van der Waals surface area contributed by atoms with Gasteiger partial charge in [-0.15, -0.1) is 11.8 Å². The Labute approximate surface area is 116 Å². The molecule has 2 aromatic carbocycles. The maximum Gasteiger partial charge on any atom is 0.119 e. The van der Waals surface area contributed by atoms with Crippen molar-refractivity contribution < 1.29 is 4.74 Å². The van der Waals surface area contributed by atoms with E-state index in [4.69, 9.17) is 4.74 Å². The third kappa shape index (κ3) is 2.74. The summed E-state index contributed by atoms with van der Waals surface area (Å²) in [6.45, 7) is 0. The van der Waals surface area contributed by atoms with Crippen molar-refractivity contribution in [2.24, 2.45) is 4.99 Å². The number of amidine groups is 1. The number of anilines is 1. The van der Waals surface area contributed by atoms with Crippen molar-refractivity contribution in [3.05, 3.63) is 48.5 Å². The molecule has 4 heteroatoms. The highest BCUT2D eigenvalue weighted by Gasteiger charge is 2.11. The lowest BCUT2D eigenvalue weighted by Crippen LogP contribution is -2.16. The van der Waals surface area contributed by atoms with Crippen LogP contribution >= 0.6 is 11.8 Å². The van der Waals surface area contributed by atoms with E-state index in [9.17, 15) is 0 Å². The summed E-state index contributed by atoms with van der Waals surface area (Å²) in [5.74, 6) is 2.70. The summed E-state index contributed by atoms with van der Waals surface area (Å²) in [4.78, 5) is 5.88. The molecule has 0 aromatic heterocycles. The van der Waals surface area contributed by atoms with Crippen molar-refractivity contribution in [3.8, 4) is 5.75 Å². The maximum atomic E-state index is 5.14. The van der Waals surface area contributed by atoms with Crippen molar-refractivity contribution in [2.45, 2.75) is 4.90 Å².